The SMILES string of the molecule is Cc1ccc(SC(=S)SCc2ccc(OCOC(=O)C(C)(C)C)cc2)cc1. The third-order valence-electron chi connectivity index (χ3n) is 3.53. The third-order valence-corrected chi connectivity index (χ3v) is 6.13. The number of esters is 1. The van der Waals surface area contributed by atoms with E-state index in [2.05, 4.69) is 31.2 Å². The Morgan fingerprint density at radius 1 is 1.04 bits per heavy atom. The fourth-order valence-corrected chi connectivity index (χ4v) is 4.03. The molecule has 2 aromatic carbocycles. The minimum absolute atomic E-state index is 0.0819. The van der Waals surface area contributed by atoms with Crippen LogP contribution in [0.3, 0.4) is 0 Å². The average Bonchev–Trinajstić information content (AvgIpc) is 2.62. The van der Waals surface area contributed by atoms with Crippen LogP contribution in [-0.2, 0) is 15.3 Å². The summed E-state index contributed by atoms with van der Waals surface area (Å²) in [4.78, 5) is 12.8. The number of carbonyl (C=O) groups excluding carboxylic acids is 1. The van der Waals surface area contributed by atoms with E-state index in [1.807, 2.05) is 45.0 Å². The minimum atomic E-state index is -0.528. The molecule has 0 saturated carbocycles. The van der Waals surface area contributed by atoms with Crippen molar-refractivity contribution in [2.24, 2.45) is 5.41 Å². The van der Waals surface area contributed by atoms with Crippen LogP contribution >= 0.6 is 35.7 Å². The molecule has 0 unspecified atom stereocenters. The molecule has 2 rings (SSSR count). The number of carbonyl (C=O) groups is 1. The Morgan fingerprint density at radius 3 is 2.26 bits per heavy atom. The van der Waals surface area contributed by atoms with Crippen molar-refractivity contribution in [2.45, 2.75) is 38.3 Å². The van der Waals surface area contributed by atoms with Crippen molar-refractivity contribution in [3.63, 3.8) is 0 Å². The summed E-state index contributed by atoms with van der Waals surface area (Å²) in [5.41, 5.74) is 1.87. The fourth-order valence-electron chi connectivity index (χ4n) is 1.92. The van der Waals surface area contributed by atoms with Gasteiger partial charge in [0.05, 0.1) is 5.41 Å². The number of rotatable bonds is 6. The monoisotopic (exact) mass is 420 g/mol. The molecule has 27 heavy (non-hydrogen) atoms. The van der Waals surface area contributed by atoms with E-state index in [0.29, 0.717) is 5.75 Å². The highest BCUT2D eigenvalue weighted by Gasteiger charge is 2.22. The molecule has 0 aliphatic rings. The molecule has 6 heteroatoms. The van der Waals surface area contributed by atoms with Gasteiger partial charge in [0.2, 0.25) is 6.79 Å². The van der Waals surface area contributed by atoms with Crippen molar-refractivity contribution in [2.75, 3.05) is 6.79 Å². The lowest BCUT2D eigenvalue weighted by atomic mass is 9.98. The van der Waals surface area contributed by atoms with E-state index in [9.17, 15) is 4.79 Å². The molecule has 0 aliphatic heterocycles. The number of thioether (sulfide) groups is 2. The zero-order valence-electron chi connectivity index (χ0n) is 16.0. The average molecular weight is 421 g/mol. The molecule has 144 valence electrons. The van der Waals surface area contributed by atoms with Crippen LogP contribution in [0.2, 0.25) is 0 Å². The molecule has 0 amide bonds. The van der Waals surface area contributed by atoms with Gasteiger partial charge in [-0.2, -0.15) is 0 Å². The van der Waals surface area contributed by atoms with Gasteiger partial charge in [-0.15, -0.1) is 11.8 Å². The molecule has 0 aromatic heterocycles. The van der Waals surface area contributed by atoms with Gasteiger partial charge in [0.15, 0.2) is 0 Å². The van der Waals surface area contributed by atoms with E-state index >= 15 is 0 Å². The second-order valence-electron chi connectivity index (χ2n) is 7.04. The van der Waals surface area contributed by atoms with E-state index in [4.69, 9.17) is 21.7 Å². The summed E-state index contributed by atoms with van der Waals surface area (Å²) in [5, 5.41) is 0. The molecule has 0 bridgehead atoms. The topological polar surface area (TPSA) is 35.5 Å². The Kier molecular flexibility index (Phi) is 8.20. The Bertz CT molecular complexity index is 763. The summed E-state index contributed by atoms with van der Waals surface area (Å²) in [6.07, 6.45) is 0. The van der Waals surface area contributed by atoms with Gasteiger partial charge in [-0.25, -0.2) is 0 Å². The first-order valence-corrected chi connectivity index (χ1v) is 10.8. The lowest BCUT2D eigenvalue weighted by Crippen LogP contribution is -2.24. The maximum absolute atomic E-state index is 11.7. The number of hydrogen-bond donors (Lipinski definition) is 0. The Labute approximate surface area is 175 Å². The van der Waals surface area contributed by atoms with E-state index in [1.54, 1.807) is 23.5 Å². The molecule has 0 heterocycles. The van der Waals surface area contributed by atoms with Crippen LogP contribution in [0, 0.1) is 12.3 Å². The number of benzene rings is 2. The smallest absolute Gasteiger partial charge is 0.314 e. The van der Waals surface area contributed by atoms with Crippen LogP contribution in [0.5, 0.6) is 5.75 Å². The predicted octanol–water partition coefficient (Wildman–Crippen LogP) is 6.23. The normalized spacial score (nSPS) is 11.1. The maximum Gasteiger partial charge on any atom is 0.314 e. The molecule has 0 radical (unpaired) electrons. The van der Waals surface area contributed by atoms with Crippen molar-refractivity contribution < 1.29 is 14.3 Å². The van der Waals surface area contributed by atoms with E-state index in [0.717, 1.165) is 19.7 Å². The lowest BCUT2D eigenvalue weighted by Gasteiger charge is -2.16. The first-order valence-electron chi connectivity index (χ1n) is 8.54. The van der Waals surface area contributed by atoms with Gasteiger partial charge in [0.1, 0.15) is 9.28 Å². The predicted molar refractivity (Wildman–Crippen MR) is 118 cm³/mol. The first-order chi connectivity index (χ1) is 12.7. The van der Waals surface area contributed by atoms with Crippen molar-refractivity contribution in [3.8, 4) is 5.75 Å². The highest BCUT2D eigenvalue weighted by atomic mass is 32.2. The molecule has 0 fully saturated rings. The molecule has 0 saturated heterocycles. The van der Waals surface area contributed by atoms with Gasteiger partial charge in [0.25, 0.3) is 0 Å². The minimum Gasteiger partial charge on any atom is -0.457 e. The van der Waals surface area contributed by atoms with Crippen LogP contribution in [0.25, 0.3) is 0 Å². The lowest BCUT2D eigenvalue weighted by molar-refractivity contribution is -0.159. The van der Waals surface area contributed by atoms with Crippen LogP contribution in [-0.4, -0.2) is 16.3 Å². The Balaban J connectivity index is 1.74. The third kappa shape index (κ3) is 7.95. The van der Waals surface area contributed by atoms with E-state index in [1.165, 1.54) is 5.56 Å². The molecule has 0 N–H and O–H groups in total. The summed E-state index contributed by atoms with van der Waals surface area (Å²) < 4.78 is 11.5. The largest absolute Gasteiger partial charge is 0.457 e. The number of ether oxygens (including phenoxy) is 2. The van der Waals surface area contributed by atoms with Crippen LogP contribution in [0.15, 0.2) is 53.4 Å². The van der Waals surface area contributed by atoms with Crippen LogP contribution in [0.4, 0.5) is 0 Å². The van der Waals surface area contributed by atoms with Gasteiger partial charge in [0, 0.05) is 10.6 Å². The molecule has 0 atom stereocenters. The zero-order valence-corrected chi connectivity index (χ0v) is 18.4. The van der Waals surface area contributed by atoms with Crippen molar-refractivity contribution in [1.29, 1.82) is 0 Å². The molecule has 0 aliphatic carbocycles. The standard InChI is InChI=1S/C21H24O3S3/c1-15-5-11-18(12-6-15)27-20(25)26-13-16-7-9-17(10-8-16)23-14-24-19(22)21(2,3)4/h5-12H,13-14H2,1-4H3. The summed E-state index contributed by atoms with van der Waals surface area (Å²) >= 11 is 8.71. The maximum atomic E-state index is 11.7. The summed E-state index contributed by atoms with van der Waals surface area (Å²) in [5.74, 6) is 1.19. The van der Waals surface area contributed by atoms with Crippen LogP contribution < -0.4 is 4.74 Å². The van der Waals surface area contributed by atoms with Gasteiger partial charge in [-0.1, -0.05) is 53.8 Å². The summed E-state index contributed by atoms with van der Waals surface area (Å²) in [6, 6.07) is 16.1. The van der Waals surface area contributed by atoms with Crippen LogP contribution in [0.1, 0.15) is 31.9 Å². The molecular weight excluding hydrogens is 396 g/mol. The van der Waals surface area contributed by atoms with Crippen molar-refractivity contribution >= 4 is 45.2 Å². The van der Waals surface area contributed by atoms with E-state index in [-0.39, 0.29) is 12.8 Å². The number of hydrogen-bond acceptors (Lipinski definition) is 6. The number of aryl methyl sites for hydroxylation is 1. The van der Waals surface area contributed by atoms with Gasteiger partial charge in [-0.3, -0.25) is 4.79 Å². The quantitative estimate of drug-likeness (QED) is 0.238. The molecule has 0 spiro atoms. The zero-order chi connectivity index (χ0) is 19.9. The van der Waals surface area contributed by atoms with Crippen molar-refractivity contribution in [3.05, 3.63) is 59.7 Å². The first kappa shape index (κ1) is 21.8. The summed E-state index contributed by atoms with van der Waals surface area (Å²) in [7, 11) is 0. The van der Waals surface area contributed by atoms with Crippen molar-refractivity contribution in [1.82, 2.24) is 0 Å². The molecular formula is C21H24O3S3. The Morgan fingerprint density at radius 2 is 1.67 bits per heavy atom. The van der Waals surface area contributed by atoms with E-state index < -0.39 is 5.41 Å². The summed E-state index contributed by atoms with van der Waals surface area (Å²) in [6.45, 7) is 7.42. The van der Waals surface area contributed by atoms with Gasteiger partial charge in [-0.05, 0) is 57.5 Å². The van der Waals surface area contributed by atoms with Gasteiger partial charge < -0.3 is 9.47 Å². The Hall–Kier alpha value is -1.50. The molecule has 3 nitrogen and oxygen atoms in total. The highest BCUT2D eigenvalue weighted by Crippen LogP contribution is 2.28. The number of thiocarbonyl (C=S) groups is 1. The molecule has 2 aromatic rings. The highest BCUT2D eigenvalue weighted by molar-refractivity contribution is 8.46. The second kappa shape index (κ2) is 10.2. The second-order valence-corrected chi connectivity index (χ2v) is 10.3. The fraction of sp³-hybridized carbons (Fsp3) is 0.333. The van der Waals surface area contributed by atoms with Gasteiger partial charge >= 0.3 is 5.97 Å².